The van der Waals surface area contributed by atoms with Crippen LogP contribution in [0.1, 0.15) is 28.6 Å². The van der Waals surface area contributed by atoms with E-state index >= 15 is 0 Å². The van der Waals surface area contributed by atoms with E-state index < -0.39 is 7.26 Å². The van der Waals surface area contributed by atoms with Crippen molar-refractivity contribution in [1.82, 2.24) is 0 Å². The second-order valence-electron chi connectivity index (χ2n) is 7.39. The Labute approximate surface area is 196 Å². The first-order valence-corrected chi connectivity index (χ1v) is 12.4. The van der Waals surface area contributed by atoms with Crippen LogP contribution in [-0.2, 0) is 10.9 Å². The number of esters is 1. The van der Waals surface area contributed by atoms with Crippen molar-refractivity contribution in [2.24, 2.45) is 0 Å². The van der Waals surface area contributed by atoms with Crippen LogP contribution in [0.25, 0.3) is 0 Å². The predicted molar refractivity (Wildman–Crippen MR) is 128 cm³/mol. The van der Waals surface area contributed by atoms with Gasteiger partial charge in [0.25, 0.3) is 0 Å². The van der Waals surface area contributed by atoms with Crippen molar-refractivity contribution < 1.29 is 26.4 Å². The van der Waals surface area contributed by atoms with Crippen molar-refractivity contribution in [1.29, 1.82) is 0 Å². The second kappa shape index (κ2) is 10.6. The summed E-state index contributed by atoms with van der Waals surface area (Å²) in [6, 6.07) is 31.9. The summed E-state index contributed by atoms with van der Waals surface area (Å²) >= 11 is 0. The molecule has 164 valence electrons. The maximum atomic E-state index is 12.4. The number of furan rings is 1. The maximum absolute atomic E-state index is 12.4. The molecule has 0 fully saturated rings. The van der Waals surface area contributed by atoms with Gasteiger partial charge in [-0.1, -0.05) is 54.6 Å². The molecule has 0 saturated carbocycles. The van der Waals surface area contributed by atoms with Gasteiger partial charge >= 0.3 is 5.97 Å². The molecule has 0 aliphatic heterocycles. The highest BCUT2D eigenvalue weighted by molar-refractivity contribution is 7.95. The molecule has 0 bridgehead atoms. The van der Waals surface area contributed by atoms with Crippen molar-refractivity contribution in [2.45, 2.75) is 20.0 Å². The van der Waals surface area contributed by atoms with Gasteiger partial charge in [0.2, 0.25) is 0 Å². The van der Waals surface area contributed by atoms with Gasteiger partial charge in [0, 0.05) is 5.56 Å². The van der Waals surface area contributed by atoms with E-state index in [4.69, 9.17) is 9.15 Å². The molecule has 3 aromatic carbocycles. The first kappa shape index (κ1) is 23.8. The van der Waals surface area contributed by atoms with Gasteiger partial charge in [-0.25, -0.2) is 4.79 Å². The number of carbonyl (C=O) groups excluding carboxylic acids is 1. The van der Waals surface area contributed by atoms with Gasteiger partial charge < -0.3 is 21.6 Å². The summed E-state index contributed by atoms with van der Waals surface area (Å²) in [6.07, 6.45) is 2.23. The quantitative estimate of drug-likeness (QED) is 0.311. The lowest BCUT2D eigenvalue weighted by Crippen LogP contribution is -3.00. The van der Waals surface area contributed by atoms with Gasteiger partial charge in [-0.15, -0.1) is 0 Å². The lowest BCUT2D eigenvalue weighted by molar-refractivity contribution is -0.0000251. The standard InChI is InChI=1S/C27H26O3P.ClH/c1-3-29-27(28)25-19-30-26(21(25)2)20-31(22-13-7-4-8-14-22,23-15-9-5-10-16-23)24-17-11-6-12-18-24;/h4-19H,3,20H2,1-2H3;1H/q+1;/p-1. The number of carbonyl (C=O) groups is 1. The van der Waals surface area contributed by atoms with Crippen molar-refractivity contribution in [3.8, 4) is 0 Å². The van der Waals surface area contributed by atoms with Crippen LogP contribution in [0.5, 0.6) is 0 Å². The summed E-state index contributed by atoms with van der Waals surface area (Å²) in [5.41, 5.74) is 1.36. The number of benzene rings is 3. The lowest BCUT2D eigenvalue weighted by Gasteiger charge is -2.27. The van der Waals surface area contributed by atoms with Crippen LogP contribution in [-0.4, -0.2) is 12.6 Å². The summed E-state index contributed by atoms with van der Waals surface area (Å²) in [4.78, 5) is 12.4. The normalized spacial score (nSPS) is 10.9. The van der Waals surface area contributed by atoms with Crippen LogP contribution < -0.4 is 28.3 Å². The van der Waals surface area contributed by atoms with E-state index in [1.165, 1.54) is 15.9 Å². The van der Waals surface area contributed by atoms with Gasteiger partial charge in [0.1, 0.15) is 46.9 Å². The molecule has 0 aliphatic rings. The first-order valence-electron chi connectivity index (χ1n) is 10.5. The zero-order valence-electron chi connectivity index (χ0n) is 18.2. The topological polar surface area (TPSA) is 39.4 Å². The monoisotopic (exact) mass is 464 g/mol. The van der Waals surface area contributed by atoms with E-state index in [1.54, 1.807) is 6.26 Å². The third kappa shape index (κ3) is 4.50. The Morgan fingerprint density at radius 3 is 1.66 bits per heavy atom. The minimum atomic E-state index is -2.08. The Hall–Kier alpha value is -2.87. The highest BCUT2D eigenvalue weighted by atomic mass is 35.5. The highest BCUT2D eigenvalue weighted by Crippen LogP contribution is 2.58. The molecule has 0 atom stereocenters. The Morgan fingerprint density at radius 1 is 0.812 bits per heavy atom. The van der Waals surface area contributed by atoms with Crippen molar-refractivity contribution in [2.75, 3.05) is 6.61 Å². The molecule has 0 spiro atoms. The molecule has 0 unspecified atom stereocenters. The van der Waals surface area contributed by atoms with Crippen LogP contribution >= 0.6 is 7.26 Å². The third-order valence-corrected chi connectivity index (χ3v) is 9.91. The Balaban J connectivity index is 0.00000289. The molecule has 3 nitrogen and oxygen atoms in total. The molecule has 0 radical (unpaired) electrons. The zero-order chi connectivity index (χ0) is 21.7. The second-order valence-corrected chi connectivity index (χ2v) is 10.9. The lowest BCUT2D eigenvalue weighted by atomic mass is 10.2. The summed E-state index contributed by atoms with van der Waals surface area (Å²) < 4.78 is 11.2. The molecule has 0 aliphatic carbocycles. The Bertz CT molecular complexity index is 1040. The molecular formula is C27H26ClO3P. The summed E-state index contributed by atoms with van der Waals surface area (Å²) in [6.45, 7) is 4.10. The van der Waals surface area contributed by atoms with E-state index in [-0.39, 0.29) is 18.4 Å². The molecule has 32 heavy (non-hydrogen) atoms. The van der Waals surface area contributed by atoms with E-state index in [0.29, 0.717) is 18.3 Å². The molecule has 0 N–H and O–H groups in total. The first-order chi connectivity index (χ1) is 15.2. The van der Waals surface area contributed by atoms with Gasteiger partial charge in [0.05, 0.1) is 6.61 Å². The van der Waals surface area contributed by atoms with Gasteiger partial charge in [-0.2, -0.15) is 0 Å². The SMILES string of the molecule is CCOC(=O)c1coc(C[P+](c2ccccc2)(c2ccccc2)c2ccccc2)c1C.[Cl-]. The predicted octanol–water partition coefficient (Wildman–Crippen LogP) is 2.26. The summed E-state index contributed by atoms with van der Waals surface area (Å²) in [5.74, 6) is 0.492. The highest BCUT2D eigenvalue weighted by Gasteiger charge is 2.46. The Morgan fingerprint density at radius 2 is 1.25 bits per heavy atom. The fourth-order valence-corrected chi connectivity index (χ4v) is 8.23. The zero-order valence-corrected chi connectivity index (χ0v) is 19.9. The fourth-order valence-electron chi connectivity index (χ4n) is 4.01. The van der Waals surface area contributed by atoms with Gasteiger partial charge in [-0.05, 0) is 50.2 Å². The number of rotatable bonds is 7. The molecule has 1 heterocycles. The number of hydrogen-bond acceptors (Lipinski definition) is 3. The fraction of sp³-hybridized carbons (Fsp3) is 0.148. The number of hydrogen-bond donors (Lipinski definition) is 0. The average molecular weight is 465 g/mol. The molecule has 5 heteroatoms. The van der Waals surface area contributed by atoms with Crippen LogP contribution in [0.2, 0.25) is 0 Å². The maximum Gasteiger partial charge on any atom is 0.341 e. The van der Waals surface area contributed by atoms with E-state index in [1.807, 2.05) is 32.0 Å². The van der Waals surface area contributed by atoms with Crippen molar-refractivity contribution in [3.63, 3.8) is 0 Å². The molecule has 4 aromatic rings. The smallest absolute Gasteiger partial charge is 0.341 e. The molecule has 1 aromatic heterocycles. The van der Waals surface area contributed by atoms with E-state index in [2.05, 4.69) is 72.8 Å². The number of halogens is 1. The number of ether oxygens (including phenoxy) is 1. The largest absolute Gasteiger partial charge is 1.00 e. The van der Waals surface area contributed by atoms with E-state index in [9.17, 15) is 4.79 Å². The van der Waals surface area contributed by atoms with Crippen molar-refractivity contribution in [3.05, 3.63) is 114 Å². The minimum absolute atomic E-state index is 0. The van der Waals surface area contributed by atoms with Gasteiger partial charge in [-0.3, -0.25) is 0 Å². The van der Waals surface area contributed by atoms with Gasteiger partial charge in [0.15, 0.2) is 0 Å². The Kier molecular flexibility index (Phi) is 7.90. The van der Waals surface area contributed by atoms with Crippen LogP contribution in [0.15, 0.2) is 102 Å². The molecule has 0 amide bonds. The summed E-state index contributed by atoms with van der Waals surface area (Å²) in [5, 5.41) is 3.84. The molecule has 0 saturated heterocycles. The molecular weight excluding hydrogens is 439 g/mol. The van der Waals surface area contributed by atoms with Crippen LogP contribution in [0.4, 0.5) is 0 Å². The average Bonchev–Trinajstić information content (AvgIpc) is 3.19. The summed E-state index contributed by atoms with van der Waals surface area (Å²) in [7, 11) is -2.08. The van der Waals surface area contributed by atoms with E-state index in [0.717, 1.165) is 11.3 Å². The van der Waals surface area contributed by atoms with Crippen LogP contribution in [0.3, 0.4) is 0 Å². The van der Waals surface area contributed by atoms with Crippen molar-refractivity contribution >= 4 is 29.1 Å². The minimum Gasteiger partial charge on any atom is -1.00 e. The van der Waals surface area contributed by atoms with Crippen LogP contribution in [0, 0.1) is 6.92 Å². The molecule has 4 rings (SSSR count). The third-order valence-electron chi connectivity index (χ3n) is 5.61.